The summed E-state index contributed by atoms with van der Waals surface area (Å²) in [5, 5.41) is 1.22. The summed E-state index contributed by atoms with van der Waals surface area (Å²) in [5.74, 6) is 0. The first-order valence-corrected chi connectivity index (χ1v) is 8.62. The van der Waals surface area contributed by atoms with E-state index in [1.807, 2.05) is 24.3 Å². The molecule has 0 aliphatic heterocycles. The van der Waals surface area contributed by atoms with Crippen molar-refractivity contribution in [2.75, 3.05) is 13.1 Å². The van der Waals surface area contributed by atoms with Gasteiger partial charge in [-0.2, -0.15) is 0 Å². The summed E-state index contributed by atoms with van der Waals surface area (Å²) in [7, 11) is 0. The zero-order valence-corrected chi connectivity index (χ0v) is 15.1. The highest BCUT2D eigenvalue weighted by molar-refractivity contribution is 7.80. The van der Waals surface area contributed by atoms with E-state index in [2.05, 4.69) is 41.3 Å². The third-order valence-corrected chi connectivity index (χ3v) is 3.72. The number of thiocarbonyl (C=S) groups is 1. The van der Waals surface area contributed by atoms with Gasteiger partial charge in [-0.15, -0.1) is 12.6 Å². The number of aromatic amines is 1. The number of rotatable bonds is 6. The van der Waals surface area contributed by atoms with Crippen molar-refractivity contribution in [1.82, 2.24) is 14.9 Å². The molecule has 1 aromatic carbocycles. The fourth-order valence-corrected chi connectivity index (χ4v) is 2.38. The predicted octanol–water partition coefficient (Wildman–Crippen LogP) is 3.98. The van der Waals surface area contributed by atoms with E-state index in [4.69, 9.17) is 18.0 Å². The average molecular weight is 339 g/mol. The Morgan fingerprint density at radius 2 is 1.82 bits per heavy atom. The molecule has 0 aliphatic carbocycles. The number of para-hydroxylation sites is 2. The Hall–Kier alpha value is -1.27. The second kappa shape index (κ2) is 10.5. The molecular formula is C16H26N4S2. The van der Waals surface area contributed by atoms with Crippen LogP contribution < -0.4 is 5.73 Å². The Morgan fingerprint density at radius 3 is 2.32 bits per heavy atom. The lowest BCUT2D eigenvalue weighted by molar-refractivity contribution is 0.401. The van der Waals surface area contributed by atoms with Crippen molar-refractivity contribution in [3.8, 4) is 0 Å². The number of thiol groups is 1. The van der Waals surface area contributed by atoms with Crippen LogP contribution in [0.1, 0.15) is 39.5 Å². The first-order valence-electron chi connectivity index (χ1n) is 7.76. The second-order valence-corrected chi connectivity index (χ2v) is 5.95. The number of nitrogens with one attached hydrogen (secondary N) is 1. The van der Waals surface area contributed by atoms with Crippen LogP contribution in [0.4, 0.5) is 0 Å². The minimum atomic E-state index is 0.553. The lowest BCUT2D eigenvalue weighted by Crippen LogP contribution is -2.36. The van der Waals surface area contributed by atoms with E-state index in [1.165, 1.54) is 25.7 Å². The van der Waals surface area contributed by atoms with Gasteiger partial charge in [0.1, 0.15) is 0 Å². The predicted molar refractivity (Wildman–Crippen MR) is 102 cm³/mol. The lowest BCUT2D eigenvalue weighted by Gasteiger charge is -2.21. The minimum Gasteiger partial charge on any atom is -0.376 e. The number of unbranched alkanes of at least 4 members (excludes halogenated alkanes) is 2. The summed E-state index contributed by atoms with van der Waals surface area (Å²) in [6.07, 6.45) is 4.76. The highest BCUT2D eigenvalue weighted by Crippen LogP contribution is 2.11. The van der Waals surface area contributed by atoms with E-state index in [9.17, 15) is 0 Å². The Balaban J connectivity index is 0.000000222. The molecule has 22 heavy (non-hydrogen) atoms. The molecule has 0 spiro atoms. The minimum absolute atomic E-state index is 0.553. The largest absolute Gasteiger partial charge is 0.376 e. The fourth-order valence-electron chi connectivity index (χ4n) is 1.97. The maximum atomic E-state index is 5.58. The first kappa shape index (κ1) is 18.8. The molecule has 2 rings (SSSR count). The SMILES string of the molecule is CCCCN(CCCC)C(N)=S.Sc1nc2ccccc2[nH]1. The summed E-state index contributed by atoms with van der Waals surface area (Å²) < 4.78 is 0. The zero-order chi connectivity index (χ0) is 16.4. The molecule has 0 fully saturated rings. The van der Waals surface area contributed by atoms with Gasteiger partial charge in [0.2, 0.25) is 0 Å². The molecule has 0 radical (unpaired) electrons. The third-order valence-electron chi connectivity index (χ3n) is 3.25. The van der Waals surface area contributed by atoms with Crippen LogP contribution in [0.2, 0.25) is 0 Å². The molecule has 0 unspecified atom stereocenters. The molecule has 0 atom stereocenters. The number of benzene rings is 1. The molecule has 0 aliphatic rings. The maximum Gasteiger partial charge on any atom is 0.166 e. The van der Waals surface area contributed by atoms with E-state index < -0.39 is 0 Å². The van der Waals surface area contributed by atoms with Crippen molar-refractivity contribution < 1.29 is 0 Å². The molecule has 2 aromatic rings. The van der Waals surface area contributed by atoms with Gasteiger partial charge < -0.3 is 15.6 Å². The number of fused-ring (bicyclic) bond motifs is 1. The Morgan fingerprint density at radius 1 is 1.23 bits per heavy atom. The van der Waals surface area contributed by atoms with Crippen molar-refractivity contribution in [1.29, 1.82) is 0 Å². The molecule has 0 amide bonds. The third kappa shape index (κ3) is 6.66. The number of nitrogens with two attached hydrogens (primary N) is 1. The van der Waals surface area contributed by atoms with Crippen LogP contribution in [0.5, 0.6) is 0 Å². The van der Waals surface area contributed by atoms with E-state index in [1.54, 1.807) is 0 Å². The number of aromatic nitrogens is 2. The molecule has 4 nitrogen and oxygen atoms in total. The van der Waals surface area contributed by atoms with E-state index >= 15 is 0 Å². The van der Waals surface area contributed by atoms with Crippen LogP contribution in [0.3, 0.4) is 0 Å². The molecule has 1 aromatic heterocycles. The van der Waals surface area contributed by atoms with Crippen LogP contribution in [0.25, 0.3) is 11.0 Å². The summed E-state index contributed by atoms with van der Waals surface area (Å²) in [4.78, 5) is 9.23. The van der Waals surface area contributed by atoms with Gasteiger partial charge in [-0.05, 0) is 37.2 Å². The molecule has 3 N–H and O–H groups in total. The highest BCUT2D eigenvalue weighted by Gasteiger charge is 2.03. The fraction of sp³-hybridized carbons (Fsp3) is 0.500. The molecular weight excluding hydrogens is 312 g/mol. The monoisotopic (exact) mass is 338 g/mol. The van der Waals surface area contributed by atoms with Gasteiger partial charge >= 0.3 is 0 Å². The summed E-state index contributed by atoms with van der Waals surface area (Å²) >= 11 is 9.02. The van der Waals surface area contributed by atoms with Crippen LogP contribution in [0.15, 0.2) is 29.4 Å². The molecule has 0 bridgehead atoms. The number of hydrogen-bond acceptors (Lipinski definition) is 3. The molecule has 6 heteroatoms. The van der Waals surface area contributed by atoms with E-state index in [0.717, 1.165) is 24.1 Å². The van der Waals surface area contributed by atoms with Crippen LogP contribution in [0, 0.1) is 0 Å². The van der Waals surface area contributed by atoms with Gasteiger partial charge in [0.15, 0.2) is 10.3 Å². The van der Waals surface area contributed by atoms with E-state index in [0.29, 0.717) is 10.3 Å². The van der Waals surface area contributed by atoms with Crippen molar-refractivity contribution in [3.05, 3.63) is 24.3 Å². The number of hydrogen-bond donors (Lipinski definition) is 3. The standard InChI is InChI=1S/C9H20N2S.C7H6N2S/c1-3-5-7-11(9(10)12)8-6-4-2;10-7-8-5-3-1-2-4-6(5)9-7/h3-8H2,1-2H3,(H2,10,12);1-4H,(H2,8,9,10). The van der Waals surface area contributed by atoms with Crippen molar-refractivity contribution >= 4 is 41.0 Å². The number of nitrogens with zero attached hydrogens (tertiary/aromatic N) is 2. The number of imidazole rings is 1. The highest BCUT2D eigenvalue weighted by atomic mass is 32.1. The van der Waals surface area contributed by atoms with E-state index in [-0.39, 0.29) is 0 Å². The molecule has 122 valence electrons. The van der Waals surface area contributed by atoms with Crippen LogP contribution in [-0.2, 0) is 0 Å². The Labute approximate surface area is 143 Å². The smallest absolute Gasteiger partial charge is 0.166 e. The van der Waals surface area contributed by atoms with Crippen LogP contribution >= 0.6 is 24.8 Å². The van der Waals surface area contributed by atoms with Crippen molar-refractivity contribution in [2.45, 2.75) is 44.7 Å². The maximum absolute atomic E-state index is 5.58. The quantitative estimate of drug-likeness (QED) is 0.551. The van der Waals surface area contributed by atoms with Gasteiger partial charge in [-0.3, -0.25) is 0 Å². The van der Waals surface area contributed by atoms with Gasteiger partial charge in [0.25, 0.3) is 0 Å². The second-order valence-electron chi connectivity index (χ2n) is 5.11. The lowest BCUT2D eigenvalue weighted by atomic mass is 10.3. The van der Waals surface area contributed by atoms with Crippen LogP contribution in [-0.4, -0.2) is 33.1 Å². The van der Waals surface area contributed by atoms with Gasteiger partial charge in [-0.25, -0.2) is 4.98 Å². The normalized spacial score (nSPS) is 10.1. The molecule has 0 saturated carbocycles. The Kier molecular flexibility index (Phi) is 8.92. The van der Waals surface area contributed by atoms with Gasteiger partial charge in [0, 0.05) is 13.1 Å². The average Bonchev–Trinajstić information content (AvgIpc) is 2.87. The summed E-state index contributed by atoms with van der Waals surface area (Å²) in [6.45, 7) is 6.40. The summed E-state index contributed by atoms with van der Waals surface area (Å²) in [6, 6.07) is 7.84. The first-order chi connectivity index (χ1) is 10.6. The van der Waals surface area contributed by atoms with Gasteiger partial charge in [0.05, 0.1) is 11.0 Å². The van der Waals surface area contributed by atoms with Crippen molar-refractivity contribution in [3.63, 3.8) is 0 Å². The topological polar surface area (TPSA) is 57.9 Å². The van der Waals surface area contributed by atoms with Crippen molar-refractivity contribution in [2.24, 2.45) is 5.73 Å². The zero-order valence-electron chi connectivity index (χ0n) is 13.4. The number of H-pyrrole nitrogens is 1. The molecule has 0 saturated heterocycles. The van der Waals surface area contributed by atoms with Gasteiger partial charge in [-0.1, -0.05) is 38.8 Å². The molecule has 1 heterocycles. The Bertz CT molecular complexity index is 527. The summed E-state index contributed by atoms with van der Waals surface area (Å²) in [5.41, 5.74) is 7.58.